The summed E-state index contributed by atoms with van der Waals surface area (Å²) >= 11 is 0. The zero-order valence-corrected chi connectivity index (χ0v) is 27.5. The van der Waals surface area contributed by atoms with Gasteiger partial charge in [0.1, 0.15) is 11.9 Å². The van der Waals surface area contributed by atoms with Crippen LogP contribution in [0.1, 0.15) is 143 Å². The Morgan fingerprint density at radius 3 is 1.43 bits per heavy atom. The van der Waals surface area contributed by atoms with Crippen LogP contribution in [0.15, 0.2) is 0 Å². The lowest BCUT2D eigenvalue weighted by molar-refractivity contribution is -0.118. The minimum atomic E-state index is -3.34. The van der Waals surface area contributed by atoms with E-state index < -0.39 is 15.9 Å². The van der Waals surface area contributed by atoms with Crippen LogP contribution in [0, 0.1) is 0 Å². The molecule has 0 radical (unpaired) electrons. The number of unbranched alkanes of at least 4 members (excludes halogenated alkanes) is 12. The van der Waals surface area contributed by atoms with E-state index in [1.165, 1.54) is 91.3 Å². The van der Waals surface area contributed by atoms with E-state index in [0.717, 1.165) is 50.2 Å². The van der Waals surface area contributed by atoms with Crippen LogP contribution in [-0.4, -0.2) is 40.6 Å². The summed E-state index contributed by atoms with van der Waals surface area (Å²) < 4.78 is 29.5. The molecule has 0 aliphatic rings. The molecule has 222 valence electrons. The highest BCUT2D eigenvalue weighted by Crippen LogP contribution is 2.46. The molecule has 0 heterocycles. The van der Waals surface area contributed by atoms with Crippen molar-refractivity contribution in [1.82, 2.24) is 0 Å². The molecule has 0 saturated heterocycles. The van der Waals surface area contributed by atoms with E-state index >= 15 is 0 Å². The Kier molecular flexibility index (Phi) is 23.8. The van der Waals surface area contributed by atoms with Crippen LogP contribution >= 0.6 is 7.60 Å². The first kappa shape index (κ1) is 37.0. The molecule has 0 aromatic rings. The first-order chi connectivity index (χ1) is 17.8. The molecular weight excluding hydrogens is 499 g/mol. The highest BCUT2D eigenvalue weighted by atomic mass is 31.2. The van der Waals surface area contributed by atoms with E-state index in [0.29, 0.717) is 6.42 Å². The molecule has 0 amide bonds. The molecular formula is C30H63O5PSi. The molecule has 0 spiro atoms. The quantitative estimate of drug-likeness (QED) is 0.0539. The largest absolute Gasteiger partial charge is 0.413 e. The number of carbonyl (C=O) groups excluding carboxylic acids is 1. The molecule has 0 aliphatic heterocycles. The van der Waals surface area contributed by atoms with Gasteiger partial charge in [-0.15, -0.1) is 0 Å². The Labute approximate surface area is 232 Å². The standard InChI is InChI=1S/C30H63O5PSi/c1-7-11-12-13-14-15-16-17-18-19-20-21-22-23-30(27-29(31)28-36(32,33-5)34-6)35-37(24-8-2,25-9-3)26-10-4/h30H,7-28H2,1-6H3/t30-/m1/s1. The summed E-state index contributed by atoms with van der Waals surface area (Å²) in [5, 5.41) is 0. The van der Waals surface area contributed by atoms with Gasteiger partial charge in [-0.1, -0.05) is 130 Å². The SMILES string of the molecule is CCCCCCCCCCCCCCC[C@H](CC(=O)CP(=O)(OC)OC)O[Si](CCC)(CCC)CCC. The number of rotatable bonds is 28. The Morgan fingerprint density at radius 1 is 0.649 bits per heavy atom. The van der Waals surface area contributed by atoms with Gasteiger partial charge in [-0.25, -0.2) is 0 Å². The fourth-order valence-electron chi connectivity index (χ4n) is 5.60. The molecule has 7 heteroatoms. The fourth-order valence-corrected chi connectivity index (χ4v) is 11.3. The van der Waals surface area contributed by atoms with E-state index in [1.807, 2.05) is 0 Å². The molecule has 37 heavy (non-hydrogen) atoms. The molecule has 0 unspecified atom stereocenters. The third-order valence-electron chi connectivity index (χ3n) is 7.54. The Bertz CT molecular complexity index is 561. The van der Waals surface area contributed by atoms with E-state index in [-0.39, 0.29) is 18.0 Å². The third kappa shape index (κ3) is 18.8. The van der Waals surface area contributed by atoms with Crippen LogP contribution in [0.5, 0.6) is 0 Å². The van der Waals surface area contributed by atoms with Gasteiger partial charge in [0, 0.05) is 20.6 Å². The zero-order chi connectivity index (χ0) is 27.8. The number of hydrogen-bond donors (Lipinski definition) is 0. The topological polar surface area (TPSA) is 61.8 Å². The summed E-state index contributed by atoms with van der Waals surface area (Å²) in [5.41, 5.74) is 0. The third-order valence-corrected chi connectivity index (χ3v) is 14.5. The van der Waals surface area contributed by atoms with Gasteiger partial charge < -0.3 is 13.5 Å². The second-order valence-electron chi connectivity index (χ2n) is 11.1. The lowest BCUT2D eigenvalue weighted by atomic mass is 10.0. The van der Waals surface area contributed by atoms with E-state index in [1.54, 1.807) is 0 Å². The van der Waals surface area contributed by atoms with Gasteiger partial charge in [0.15, 0.2) is 8.32 Å². The second kappa shape index (κ2) is 23.8. The van der Waals surface area contributed by atoms with Gasteiger partial charge in [0.25, 0.3) is 0 Å². The number of carbonyl (C=O) groups is 1. The molecule has 0 aromatic carbocycles. The minimum Gasteiger partial charge on any atom is -0.413 e. The monoisotopic (exact) mass is 562 g/mol. The smallest absolute Gasteiger partial charge is 0.337 e. The highest BCUT2D eigenvalue weighted by Gasteiger charge is 2.36. The van der Waals surface area contributed by atoms with Gasteiger partial charge in [-0.2, -0.15) is 0 Å². The Balaban J connectivity index is 4.70. The van der Waals surface area contributed by atoms with Crippen molar-refractivity contribution in [3.63, 3.8) is 0 Å². The molecule has 0 N–H and O–H groups in total. The molecule has 0 saturated carbocycles. The van der Waals surface area contributed by atoms with Crippen LogP contribution < -0.4 is 0 Å². The fraction of sp³-hybridized carbons (Fsp3) is 0.967. The predicted octanol–water partition coefficient (Wildman–Crippen LogP) is 10.5. The van der Waals surface area contributed by atoms with E-state index in [9.17, 15) is 9.36 Å². The van der Waals surface area contributed by atoms with Crippen molar-refractivity contribution in [3.8, 4) is 0 Å². The van der Waals surface area contributed by atoms with Crippen LogP contribution in [0.2, 0.25) is 18.1 Å². The predicted molar refractivity (Wildman–Crippen MR) is 162 cm³/mol. The summed E-state index contributed by atoms with van der Waals surface area (Å²) in [6, 6.07) is 3.48. The van der Waals surface area contributed by atoms with Crippen molar-refractivity contribution in [2.75, 3.05) is 20.4 Å². The molecule has 0 aromatic heterocycles. The summed E-state index contributed by atoms with van der Waals surface area (Å²) in [5.74, 6) is -0.0703. The van der Waals surface area contributed by atoms with Gasteiger partial charge in [-0.3, -0.25) is 9.36 Å². The molecule has 0 bridgehead atoms. The van der Waals surface area contributed by atoms with Crippen LogP contribution in [0.3, 0.4) is 0 Å². The molecule has 5 nitrogen and oxygen atoms in total. The van der Waals surface area contributed by atoms with E-state index in [4.69, 9.17) is 13.5 Å². The molecule has 1 atom stereocenters. The molecule has 0 aliphatic carbocycles. The average Bonchev–Trinajstić information content (AvgIpc) is 2.87. The van der Waals surface area contributed by atoms with Crippen molar-refractivity contribution in [2.45, 2.75) is 168 Å². The summed E-state index contributed by atoms with van der Waals surface area (Å²) in [7, 11) is -2.53. The first-order valence-corrected chi connectivity index (χ1v) is 20.0. The molecule has 0 rings (SSSR count). The van der Waals surface area contributed by atoms with Crippen molar-refractivity contribution in [1.29, 1.82) is 0 Å². The lowest BCUT2D eigenvalue weighted by Crippen LogP contribution is -2.42. The van der Waals surface area contributed by atoms with Gasteiger partial charge in [-0.05, 0) is 24.6 Å². The minimum absolute atomic E-state index is 0.0703. The number of Topliss-reactive ketones (excluding diaryl/α,β-unsaturated/α-hetero) is 1. The van der Waals surface area contributed by atoms with Crippen LogP contribution in [0.4, 0.5) is 0 Å². The normalized spacial score (nSPS) is 13.2. The summed E-state index contributed by atoms with van der Waals surface area (Å²) in [4.78, 5) is 12.9. The van der Waals surface area contributed by atoms with Crippen molar-refractivity contribution < 1.29 is 22.8 Å². The maximum Gasteiger partial charge on any atom is 0.337 e. The van der Waals surface area contributed by atoms with Gasteiger partial charge in [0.05, 0.1) is 6.10 Å². The maximum atomic E-state index is 12.9. The zero-order valence-electron chi connectivity index (χ0n) is 25.6. The van der Waals surface area contributed by atoms with Gasteiger partial charge in [0.2, 0.25) is 0 Å². The Hall–Kier alpha value is -0.00312. The number of ketones is 1. The highest BCUT2D eigenvalue weighted by molar-refractivity contribution is 7.54. The second-order valence-corrected chi connectivity index (χ2v) is 17.5. The number of hydrogen-bond acceptors (Lipinski definition) is 5. The van der Waals surface area contributed by atoms with Crippen LogP contribution in [0.25, 0.3) is 0 Å². The summed E-state index contributed by atoms with van der Waals surface area (Å²) in [6.45, 7) is 9.01. The van der Waals surface area contributed by atoms with Crippen molar-refractivity contribution in [2.24, 2.45) is 0 Å². The Morgan fingerprint density at radius 2 is 1.05 bits per heavy atom. The van der Waals surface area contributed by atoms with Crippen LogP contribution in [-0.2, 0) is 22.8 Å². The first-order valence-electron chi connectivity index (χ1n) is 15.7. The average molecular weight is 563 g/mol. The van der Waals surface area contributed by atoms with Crippen molar-refractivity contribution >= 4 is 21.7 Å². The summed E-state index contributed by atoms with van der Waals surface area (Å²) in [6.07, 6.45) is 21.7. The molecule has 0 fully saturated rings. The van der Waals surface area contributed by atoms with Crippen molar-refractivity contribution in [3.05, 3.63) is 0 Å². The van der Waals surface area contributed by atoms with Gasteiger partial charge >= 0.3 is 7.60 Å². The maximum absolute atomic E-state index is 12.9. The van der Waals surface area contributed by atoms with E-state index in [2.05, 4.69) is 27.7 Å². The lowest BCUT2D eigenvalue weighted by Gasteiger charge is -2.35.